The molecule has 0 saturated carbocycles. The number of esters is 1. The number of hydrogen-bond donors (Lipinski definition) is 10. The molecule has 0 radical (unpaired) electrons. The van der Waals surface area contributed by atoms with Crippen molar-refractivity contribution in [2.24, 2.45) is 28.3 Å². The van der Waals surface area contributed by atoms with Crippen molar-refractivity contribution in [3.05, 3.63) is 28.8 Å². The molecule has 27 nitrogen and oxygen atoms in total. The van der Waals surface area contributed by atoms with E-state index in [4.69, 9.17) is 32.4 Å². The summed E-state index contributed by atoms with van der Waals surface area (Å²) in [4.78, 5) is 106. The first kappa shape index (κ1) is 58.9. The highest BCUT2D eigenvalue weighted by molar-refractivity contribution is 7.81. The maximum atomic E-state index is 14.9. The van der Waals surface area contributed by atoms with Gasteiger partial charge in [-0.05, 0) is 62.1 Å². The maximum Gasteiger partial charge on any atom is 0.398 e. The van der Waals surface area contributed by atoms with Gasteiger partial charge in [0.15, 0.2) is 12.1 Å². The van der Waals surface area contributed by atoms with E-state index in [1.165, 1.54) is 25.2 Å². The third kappa shape index (κ3) is 16.9. The Morgan fingerprint density at radius 2 is 1.60 bits per heavy atom. The molecule has 2 heterocycles. The van der Waals surface area contributed by atoms with Crippen LogP contribution in [0.1, 0.15) is 78.7 Å². The monoisotopic (exact) mass is 1060 g/mol. The first-order chi connectivity index (χ1) is 32.5. The molecule has 2 aliphatic heterocycles. The second-order valence-corrected chi connectivity index (χ2v) is 19.4. The molecule has 2 fully saturated rings. The van der Waals surface area contributed by atoms with Gasteiger partial charge in [0.25, 0.3) is 5.91 Å². The Balaban J connectivity index is 2.31. The first-order valence-electron chi connectivity index (χ1n) is 22.0. The van der Waals surface area contributed by atoms with E-state index < -0.39 is 135 Å². The lowest BCUT2D eigenvalue weighted by molar-refractivity contribution is -0.168. The number of guanidine groups is 1. The number of amides is 6. The number of carbonyl (C=O) groups is 7. The average Bonchev–Trinajstić information content (AvgIpc) is 3.27. The van der Waals surface area contributed by atoms with Crippen molar-refractivity contribution in [2.75, 3.05) is 20.2 Å². The molecule has 70 heavy (non-hydrogen) atoms. The molecule has 30 heteroatoms. The van der Waals surface area contributed by atoms with E-state index in [1.54, 1.807) is 27.7 Å². The van der Waals surface area contributed by atoms with Gasteiger partial charge in [-0.25, -0.2) is 13.2 Å². The number of piperidine rings is 1. The predicted octanol–water partition coefficient (Wildman–Crippen LogP) is -2.24. The van der Waals surface area contributed by atoms with Crippen molar-refractivity contribution in [1.29, 1.82) is 0 Å². The Bertz CT molecular complexity index is 2340. The second kappa shape index (κ2) is 25.6. The van der Waals surface area contributed by atoms with E-state index in [2.05, 4.69) is 29.3 Å². The van der Waals surface area contributed by atoms with Crippen LogP contribution in [0.3, 0.4) is 0 Å². The van der Waals surface area contributed by atoms with Gasteiger partial charge >= 0.3 is 26.8 Å². The topological polar surface area (TPSA) is 415 Å². The molecule has 11 atom stereocenters. The highest BCUT2D eigenvalue weighted by Crippen LogP contribution is 2.29. The van der Waals surface area contributed by atoms with Gasteiger partial charge in [-0.3, -0.25) is 42.9 Å². The van der Waals surface area contributed by atoms with Gasteiger partial charge in [0.05, 0.1) is 5.02 Å². The second-order valence-electron chi connectivity index (χ2n) is 16.9. The van der Waals surface area contributed by atoms with Gasteiger partial charge in [0, 0.05) is 20.0 Å². The zero-order valence-electron chi connectivity index (χ0n) is 39.1. The first-order valence-corrected chi connectivity index (χ1v) is 25.1. The highest BCUT2D eigenvalue weighted by Gasteiger charge is 2.47. The standard InChI is InChI=1S/C40H62ClN9O18S2/c1-7-19(3)30-39(59)67-21(5)31(48-35(55)28(68-70(63,64)65)18-66-69(60,61)62)36(56)45-24(10-9-15-44-40(42)43)33(53)46-25-12-14-29(52)50(37(25)57)32(20(4)8-2)38(58)49(6)26(34(54)47-30)17-22-11-13-27(51)23(41)16-22/h11,13,16,19-21,24-26,28-32,51-52H,7-10,12,14-15,17-18H2,1-6H3,(H,45,56)(H,46,53)(H,47,54)(H,48,55)(H4,42,43,44)(H,60,61,62)(H,63,64,65)/t19-,20-,21+,24?,25-,26-,28+,29+,30-,31?,32?/m0/s1. The molecule has 3 rings (SSSR count). The number of aromatic hydroxyl groups is 1. The number of ether oxygens (including phenoxy) is 1. The van der Waals surface area contributed by atoms with Gasteiger partial charge < -0.3 is 57.5 Å². The predicted molar refractivity (Wildman–Crippen MR) is 245 cm³/mol. The van der Waals surface area contributed by atoms with Crippen LogP contribution in [0.5, 0.6) is 5.75 Å². The summed E-state index contributed by atoms with van der Waals surface area (Å²) in [5.41, 5.74) is 11.2. The number of nitrogens with zero attached hydrogens (tertiary/aromatic N) is 3. The van der Waals surface area contributed by atoms with Gasteiger partial charge in [-0.15, -0.1) is 0 Å². The number of nitrogens with one attached hydrogen (secondary N) is 4. The number of likely N-dealkylation sites (N-methyl/N-ethyl adjacent to an activating group) is 1. The number of nitrogens with two attached hydrogens (primary N) is 2. The molecular formula is C40H62ClN9O18S2. The van der Waals surface area contributed by atoms with E-state index in [0.717, 1.165) is 16.7 Å². The summed E-state index contributed by atoms with van der Waals surface area (Å²) in [6.07, 6.45) is -6.60. The quantitative estimate of drug-likeness (QED) is 0.0259. The fourth-order valence-corrected chi connectivity index (χ4v) is 8.46. The maximum absolute atomic E-state index is 14.9. The van der Waals surface area contributed by atoms with Crippen molar-refractivity contribution >= 4 is 79.8 Å². The number of phenolic OH excluding ortho intramolecular Hbond substituents is 1. The lowest BCUT2D eigenvalue weighted by Gasteiger charge is -2.44. The molecule has 6 amide bonds. The molecule has 0 spiro atoms. The van der Waals surface area contributed by atoms with Crippen LogP contribution in [0.4, 0.5) is 0 Å². The largest absolute Gasteiger partial charge is 0.506 e. The Morgan fingerprint density at radius 3 is 2.17 bits per heavy atom. The van der Waals surface area contributed by atoms with E-state index in [0.29, 0.717) is 5.56 Å². The van der Waals surface area contributed by atoms with Gasteiger partial charge in [-0.2, -0.15) is 16.8 Å². The number of benzene rings is 1. The van der Waals surface area contributed by atoms with Crippen LogP contribution in [0, 0.1) is 11.8 Å². The number of aliphatic hydroxyl groups excluding tert-OH is 1. The summed E-state index contributed by atoms with van der Waals surface area (Å²) < 4.78 is 78.6. The van der Waals surface area contributed by atoms with Crippen LogP contribution in [-0.4, -0.2) is 168 Å². The highest BCUT2D eigenvalue weighted by atomic mass is 35.5. The molecule has 2 bridgehead atoms. The van der Waals surface area contributed by atoms with E-state index in [-0.39, 0.29) is 68.2 Å². The lowest BCUT2D eigenvalue weighted by atomic mass is 9.91. The van der Waals surface area contributed by atoms with Gasteiger partial charge in [0.2, 0.25) is 29.5 Å². The number of aliphatic hydroxyl groups is 1. The minimum absolute atomic E-state index is 0.0245. The summed E-state index contributed by atoms with van der Waals surface area (Å²) in [6.45, 7) is 5.89. The van der Waals surface area contributed by atoms with Crippen LogP contribution < -0.4 is 32.7 Å². The number of fused-ring (bicyclic) bond motifs is 2. The Labute approximate surface area is 409 Å². The molecule has 3 unspecified atom stereocenters. The number of halogens is 1. The summed E-state index contributed by atoms with van der Waals surface area (Å²) >= 11 is 6.21. The fraction of sp³-hybridized carbons (Fsp3) is 0.650. The van der Waals surface area contributed by atoms with Crippen molar-refractivity contribution in [1.82, 2.24) is 31.1 Å². The molecule has 1 aromatic carbocycles. The van der Waals surface area contributed by atoms with E-state index in [9.17, 15) is 65.2 Å². The van der Waals surface area contributed by atoms with Crippen molar-refractivity contribution < 1.29 is 82.8 Å². The zero-order valence-corrected chi connectivity index (χ0v) is 41.5. The molecule has 394 valence electrons. The normalized spacial score (nSPS) is 26.0. The van der Waals surface area contributed by atoms with Crippen LogP contribution >= 0.6 is 11.6 Å². The molecule has 0 aliphatic carbocycles. The number of cyclic esters (lactones) is 1. The number of phenols is 1. The van der Waals surface area contributed by atoms with E-state index >= 15 is 0 Å². The minimum Gasteiger partial charge on any atom is -0.506 e. The molecule has 12 N–H and O–H groups in total. The molecule has 0 aromatic heterocycles. The average molecular weight is 1060 g/mol. The van der Waals surface area contributed by atoms with Crippen molar-refractivity contribution in [2.45, 2.75) is 134 Å². The smallest absolute Gasteiger partial charge is 0.398 e. The molecular weight excluding hydrogens is 994 g/mol. The van der Waals surface area contributed by atoms with Crippen LogP contribution in [0.25, 0.3) is 0 Å². The number of carbonyl (C=O) groups excluding carboxylic acids is 7. The summed E-state index contributed by atoms with van der Waals surface area (Å²) in [6, 6.07) is -5.83. The summed E-state index contributed by atoms with van der Waals surface area (Å²) in [7, 11) is -9.72. The Morgan fingerprint density at radius 1 is 0.957 bits per heavy atom. The van der Waals surface area contributed by atoms with Crippen LogP contribution in [-0.2, 0) is 73.9 Å². The fourth-order valence-electron chi connectivity index (χ4n) is 7.52. The summed E-state index contributed by atoms with van der Waals surface area (Å²) in [5, 5.41) is 31.0. The zero-order chi connectivity index (χ0) is 53.0. The van der Waals surface area contributed by atoms with Gasteiger partial charge in [0.1, 0.15) is 60.9 Å². The van der Waals surface area contributed by atoms with Gasteiger partial charge in [-0.1, -0.05) is 58.2 Å². The number of hydrogen-bond acceptors (Lipinski definition) is 17. The lowest BCUT2D eigenvalue weighted by Crippen LogP contribution is -2.66. The van der Waals surface area contributed by atoms with Crippen LogP contribution in [0.15, 0.2) is 23.2 Å². The number of rotatable bonds is 17. The Hall–Kier alpha value is -5.43. The molecule has 2 saturated heterocycles. The molecule has 2 aliphatic rings. The number of aliphatic imine (C=N–C) groups is 1. The van der Waals surface area contributed by atoms with Crippen molar-refractivity contribution in [3.63, 3.8) is 0 Å². The molecule has 1 aromatic rings. The Kier molecular flexibility index (Phi) is 21.5. The summed E-state index contributed by atoms with van der Waals surface area (Å²) in [5.74, 6) is -10.1. The van der Waals surface area contributed by atoms with Crippen LogP contribution in [0.2, 0.25) is 5.02 Å². The SMILES string of the molecule is CC[C@H](C)C1C(=O)N(C)[C@@H](Cc2ccc(O)c(Cl)c2)C(=O)N[C@@H]([C@@H](C)CC)C(=O)O[C@H](C)C(NC(=O)[C@@H](COS(=O)(=O)O)OS(=O)(=O)O)C(=O)NC(CCCN=C(N)N)C(=O)N[C@H]2CC[C@@H](O)N1C2=O. The minimum atomic E-state index is -5.60. The third-order valence-electron chi connectivity index (χ3n) is 11.8. The third-order valence-corrected chi connectivity index (χ3v) is 13.0. The van der Waals surface area contributed by atoms with Crippen molar-refractivity contribution in [3.8, 4) is 5.75 Å². The van der Waals surface area contributed by atoms with E-state index in [1.807, 2.05) is 5.32 Å².